The molecular formula is C22H38N2O3. The third-order valence-electron chi connectivity index (χ3n) is 4.91. The second-order valence-electron chi connectivity index (χ2n) is 7.43. The fourth-order valence-electron chi connectivity index (χ4n) is 3.22. The highest BCUT2D eigenvalue weighted by molar-refractivity contribution is 5.95. The quantitative estimate of drug-likeness (QED) is 0.195. The number of hydrogen-bond acceptors (Lipinski definition) is 4. The highest BCUT2D eigenvalue weighted by atomic mass is 16.6. The molecule has 1 aromatic heterocycles. The van der Waals surface area contributed by atoms with Crippen molar-refractivity contribution >= 4 is 11.9 Å². The van der Waals surface area contributed by atoms with Gasteiger partial charge in [-0.15, -0.1) is 0 Å². The number of H-pyrrole nitrogens is 1. The second kappa shape index (κ2) is 16.5. The molecule has 0 unspecified atom stereocenters. The van der Waals surface area contributed by atoms with Crippen LogP contribution < -0.4 is 0 Å². The summed E-state index contributed by atoms with van der Waals surface area (Å²) in [4.78, 5) is 29.5. The first-order valence-electron chi connectivity index (χ1n) is 11.0. The van der Waals surface area contributed by atoms with Crippen molar-refractivity contribution in [1.82, 2.24) is 9.97 Å². The third-order valence-corrected chi connectivity index (χ3v) is 4.91. The van der Waals surface area contributed by atoms with Gasteiger partial charge in [0.1, 0.15) is 5.69 Å². The van der Waals surface area contributed by atoms with Crippen molar-refractivity contribution in [2.45, 2.75) is 110 Å². The minimum Gasteiger partial charge on any atom is -0.388 e. The maximum absolute atomic E-state index is 11.6. The molecule has 0 radical (unpaired) electrons. The Morgan fingerprint density at radius 2 is 1.30 bits per heavy atom. The number of aromatic nitrogens is 2. The van der Waals surface area contributed by atoms with Gasteiger partial charge in [-0.3, -0.25) is 4.79 Å². The molecule has 0 fully saturated rings. The van der Waals surface area contributed by atoms with Crippen molar-refractivity contribution in [3.63, 3.8) is 0 Å². The van der Waals surface area contributed by atoms with Crippen LogP contribution in [0.5, 0.6) is 0 Å². The van der Waals surface area contributed by atoms with E-state index in [0.717, 1.165) is 19.3 Å². The van der Waals surface area contributed by atoms with Crippen LogP contribution in [0.15, 0.2) is 12.5 Å². The summed E-state index contributed by atoms with van der Waals surface area (Å²) < 4.78 is 4.76. The number of ether oxygens (including phenoxy) is 1. The SMILES string of the molecule is CCCCCCCCCCCCCCCCCC(=O)OC(=O)c1cnc[nH]1. The van der Waals surface area contributed by atoms with Gasteiger partial charge in [-0.05, 0) is 6.42 Å². The Balaban J connectivity index is 1.80. The lowest BCUT2D eigenvalue weighted by Crippen LogP contribution is -2.12. The van der Waals surface area contributed by atoms with Crippen LogP contribution in [-0.4, -0.2) is 21.9 Å². The number of aromatic amines is 1. The minimum absolute atomic E-state index is 0.208. The van der Waals surface area contributed by atoms with E-state index in [0.29, 0.717) is 6.42 Å². The molecule has 0 amide bonds. The van der Waals surface area contributed by atoms with E-state index in [-0.39, 0.29) is 5.69 Å². The van der Waals surface area contributed by atoms with E-state index >= 15 is 0 Å². The van der Waals surface area contributed by atoms with Crippen LogP contribution in [0.1, 0.15) is 120 Å². The minimum atomic E-state index is -0.654. The maximum Gasteiger partial charge on any atom is 0.364 e. The normalized spacial score (nSPS) is 10.9. The van der Waals surface area contributed by atoms with Crippen molar-refractivity contribution in [1.29, 1.82) is 0 Å². The topological polar surface area (TPSA) is 72.1 Å². The number of nitrogens with one attached hydrogen (secondary N) is 1. The molecule has 1 N–H and O–H groups in total. The molecular weight excluding hydrogens is 340 g/mol. The Labute approximate surface area is 164 Å². The summed E-state index contributed by atoms with van der Waals surface area (Å²) in [5, 5.41) is 0. The second-order valence-corrected chi connectivity index (χ2v) is 7.43. The highest BCUT2D eigenvalue weighted by Crippen LogP contribution is 2.14. The number of carbonyl (C=O) groups is 2. The standard InChI is InChI=1S/C22H38N2O3/c1-2-3-4-5-6-7-8-9-10-11-12-13-14-15-16-17-21(25)27-22(26)20-18-23-19-24-20/h18-19H,2-17H2,1H3,(H,23,24). The van der Waals surface area contributed by atoms with Crippen LogP contribution in [0.2, 0.25) is 0 Å². The van der Waals surface area contributed by atoms with E-state index in [4.69, 9.17) is 4.74 Å². The number of esters is 2. The number of imidazole rings is 1. The van der Waals surface area contributed by atoms with E-state index in [1.807, 2.05) is 0 Å². The van der Waals surface area contributed by atoms with Crippen molar-refractivity contribution in [2.75, 3.05) is 0 Å². The zero-order valence-corrected chi connectivity index (χ0v) is 17.1. The largest absolute Gasteiger partial charge is 0.388 e. The summed E-state index contributed by atoms with van der Waals surface area (Å²) in [6.45, 7) is 2.26. The first kappa shape index (κ1) is 23.4. The van der Waals surface area contributed by atoms with Crippen LogP contribution in [-0.2, 0) is 9.53 Å². The Morgan fingerprint density at radius 1 is 0.815 bits per heavy atom. The van der Waals surface area contributed by atoms with Crippen LogP contribution in [0.25, 0.3) is 0 Å². The number of unbranched alkanes of at least 4 members (excludes halogenated alkanes) is 14. The van der Waals surface area contributed by atoms with Gasteiger partial charge < -0.3 is 9.72 Å². The van der Waals surface area contributed by atoms with E-state index in [2.05, 4.69) is 16.9 Å². The van der Waals surface area contributed by atoms with E-state index in [9.17, 15) is 9.59 Å². The molecule has 0 bridgehead atoms. The van der Waals surface area contributed by atoms with E-state index in [1.54, 1.807) is 0 Å². The zero-order valence-electron chi connectivity index (χ0n) is 17.1. The lowest BCUT2D eigenvalue weighted by molar-refractivity contribution is -0.138. The third kappa shape index (κ3) is 13.2. The summed E-state index contributed by atoms with van der Waals surface area (Å²) in [5.74, 6) is -1.11. The van der Waals surface area contributed by atoms with Crippen molar-refractivity contribution in [3.8, 4) is 0 Å². The number of rotatable bonds is 17. The van der Waals surface area contributed by atoms with Crippen LogP contribution >= 0.6 is 0 Å². The van der Waals surface area contributed by atoms with Crippen molar-refractivity contribution < 1.29 is 14.3 Å². The first-order chi connectivity index (χ1) is 13.2. The number of carbonyl (C=O) groups excluding carboxylic acids is 2. The Kier molecular flexibility index (Phi) is 14.3. The smallest absolute Gasteiger partial charge is 0.364 e. The molecule has 0 aromatic carbocycles. The highest BCUT2D eigenvalue weighted by Gasteiger charge is 2.13. The van der Waals surface area contributed by atoms with Gasteiger partial charge in [0.25, 0.3) is 0 Å². The lowest BCUT2D eigenvalue weighted by Gasteiger charge is -2.04. The van der Waals surface area contributed by atoms with E-state index < -0.39 is 11.9 Å². The summed E-state index contributed by atoms with van der Waals surface area (Å²) in [5.41, 5.74) is 0.208. The molecule has 0 aliphatic heterocycles. The average molecular weight is 379 g/mol. The molecule has 1 heterocycles. The average Bonchev–Trinajstić information content (AvgIpc) is 3.20. The summed E-state index contributed by atoms with van der Waals surface area (Å²) in [6.07, 6.45) is 22.3. The molecule has 0 aliphatic carbocycles. The van der Waals surface area contributed by atoms with Gasteiger partial charge in [0, 0.05) is 6.42 Å². The number of hydrogen-bond donors (Lipinski definition) is 1. The van der Waals surface area contributed by atoms with E-state index in [1.165, 1.54) is 89.6 Å². The van der Waals surface area contributed by atoms with Gasteiger partial charge in [-0.1, -0.05) is 96.8 Å². The molecule has 0 spiro atoms. The van der Waals surface area contributed by atoms with Crippen LogP contribution in [0.4, 0.5) is 0 Å². The Morgan fingerprint density at radius 3 is 1.74 bits per heavy atom. The van der Waals surface area contributed by atoms with Gasteiger partial charge in [0.05, 0.1) is 12.5 Å². The summed E-state index contributed by atoms with van der Waals surface area (Å²) >= 11 is 0. The molecule has 0 saturated carbocycles. The maximum atomic E-state index is 11.6. The summed E-state index contributed by atoms with van der Waals surface area (Å²) in [7, 11) is 0. The predicted molar refractivity (Wildman–Crippen MR) is 109 cm³/mol. The molecule has 0 atom stereocenters. The van der Waals surface area contributed by atoms with Gasteiger partial charge in [0.2, 0.25) is 0 Å². The number of nitrogens with zero attached hydrogens (tertiary/aromatic N) is 1. The molecule has 5 nitrogen and oxygen atoms in total. The van der Waals surface area contributed by atoms with Gasteiger partial charge in [-0.2, -0.15) is 0 Å². The molecule has 0 aliphatic rings. The fraction of sp³-hybridized carbons (Fsp3) is 0.773. The molecule has 1 rings (SSSR count). The van der Waals surface area contributed by atoms with Gasteiger partial charge in [-0.25, -0.2) is 9.78 Å². The predicted octanol–water partition coefficient (Wildman–Crippen LogP) is 6.35. The van der Waals surface area contributed by atoms with Crippen molar-refractivity contribution in [2.24, 2.45) is 0 Å². The Hall–Kier alpha value is -1.65. The zero-order chi connectivity index (χ0) is 19.6. The summed E-state index contributed by atoms with van der Waals surface area (Å²) in [6, 6.07) is 0. The lowest BCUT2D eigenvalue weighted by atomic mass is 10.0. The molecule has 5 heteroatoms. The molecule has 0 saturated heterocycles. The van der Waals surface area contributed by atoms with Crippen molar-refractivity contribution in [3.05, 3.63) is 18.2 Å². The fourth-order valence-corrected chi connectivity index (χ4v) is 3.22. The first-order valence-corrected chi connectivity index (χ1v) is 11.0. The molecule has 1 aromatic rings. The van der Waals surface area contributed by atoms with Gasteiger partial charge in [0.15, 0.2) is 0 Å². The molecule has 27 heavy (non-hydrogen) atoms. The molecule has 154 valence electrons. The van der Waals surface area contributed by atoms with Crippen LogP contribution in [0, 0.1) is 0 Å². The van der Waals surface area contributed by atoms with Gasteiger partial charge >= 0.3 is 11.9 Å². The Bertz CT molecular complexity index is 486. The monoisotopic (exact) mass is 378 g/mol. The van der Waals surface area contributed by atoms with Crippen LogP contribution in [0.3, 0.4) is 0 Å².